The Labute approximate surface area is 96.5 Å². The van der Waals surface area contributed by atoms with E-state index < -0.39 is 0 Å². The van der Waals surface area contributed by atoms with Crippen LogP contribution in [0.2, 0.25) is 0 Å². The molecule has 0 amide bonds. The van der Waals surface area contributed by atoms with Crippen LogP contribution < -0.4 is 0 Å². The largest absolute Gasteiger partial charge is 0.465 e. The van der Waals surface area contributed by atoms with Crippen LogP contribution >= 0.6 is 0 Å². The number of aliphatic hydroxyl groups excluding tert-OH is 1. The Kier molecular flexibility index (Phi) is 7.76. The van der Waals surface area contributed by atoms with Gasteiger partial charge in [0.1, 0.15) is 6.61 Å². The van der Waals surface area contributed by atoms with E-state index in [9.17, 15) is 4.79 Å². The Morgan fingerprint density at radius 2 is 2.12 bits per heavy atom. The number of hydrogen-bond donors (Lipinski definition) is 1. The Morgan fingerprint density at radius 1 is 1.44 bits per heavy atom. The number of aliphatic imine (C=N–C) groups is 1. The van der Waals surface area contributed by atoms with Crippen LogP contribution in [0.1, 0.15) is 20.8 Å². The summed E-state index contributed by atoms with van der Waals surface area (Å²) >= 11 is 0. The molecule has 0 radical (unpaired) electrons. The maximum Gasteiger partial charge on any atom is 0.302 e. The van der Waals surface area contributed by atoms with E-state index in [1.165, 1.54) is 6.92 Å². The third-order valence-electron chi connectivity index (χ3n) is 1.69. The van der Waals surface area contributed by atoms with E-state index in [0.717, 1.165) is 0 Å². The van der Waals surface area contributed by atoms with Crippen LogP contribution in [0.25, 0.3) is 0 Å². The Hall–Kier alpha value is -0.940. The van der Waals surface area contributed by atoms with Gasteiger partial charge in [0.05, 0.1) is 26.4 Å². The molecule has 0 aromatic rings. The lowest BCUT2D eigenvalue weighted by Crippen LogP contribution is -2.22. The smallest absolute Gasteiger partial charge is 0.302 e. The van der Waals surface area contributed by atoms with E-state index in [1.807, 2.05) is 13.8 Å². The number of aliphatic hydroxyl groups is 1. The fourth-order valence-corrected chi connectivity index (χ4v) is 0.920. The second kappa shape index (κ2) is 8.24. The zero-order chi connectivity index (χ0) is 12.4. The first-order chi connectivity index (χ1) is 7.48. The summed E-state index contributed by atoms with van der Waals surface area (Å²) in [6.07, 6.45) is 1.76. The van der Waals surface area contributed by atoms with Crippen LogP contribution in [0.15, 0.2) is 4.99 Å². The fourth-order valence-electron chi connectivity index (χ4n) is 0.920. The van der Waals surface area contributed by atoms with Gasteiger partial charge in [0.15, 0.2) is 0 Å². The molecule has 1 N–H and O–H groups in total. The van der Waals surface area contributed by atoms with Crippen molar-refractivity contribution in [2.45, 2.75) is 20.8 Å². The minimum Gasteiger partial charge on any atom is -0.465 e. The third kappa shape index (κ3) is 9.61. The molecule has 16 heavy (non-hydrogen) atoms. The molecule has 0 unspecified atom stereocenters. The van der Waals surface area contributed by atoms with E-state index in [-0.39, 0.29) is 18.0 Å². The van der Waals surface area contributed by atoms with Crippen molar-refractivity contribution >= 4 is 12.2 Å². The second-order valence-corrected chi connectivity index (χ2v) is 4.14. The summed E-state index contributed by atoms with van der Waals surface area (Å²) in [6, 6.07) is 0. The SMILES string of the molecule is CC(=O)OCC(C)(C)C=NCCOCCO. The molecule has 0 atom stereocenters. The van der Waals surface area contributed by atoms with Gasteiger partial charge in [-0.3, -0.25) is 9.79 Å². The Balaban J connectivity index is 3.69. The van der Waals surface area contributed by atoms with Gasteiger partial charge in [-0.05, 0) is 0 Å². The highest BCUT2D eigenvalue weighted by atomic mass is 16.5. The number of ether oxygens (including phenoxy) is 2. The Morgan fingerprint density at radius 3 is 2.69 bits per heavy atom. The normalized spacial score (nSPS) is 12.0. The lowest BCUT2D eigenvalue weighted by atomic mass is 9.97. The van der Waals surface area contributed by atoms with Crippen molar-refractivity contribution in [2.24, 2.45) is 10.4 Å². The maximum atomic E-state index is 10.6. The van der Waals surface area contributed by atoms with Crippen molar-refractivity contribution in [3.05, 3.63) is 0 Å². The van der Waals surface area contributed by atoms with Gasteiger partial charge in [0.25, 0.3) is 0 Å². The summed E-state index contributed by atoms with van der Waals surface area (Å²) in [5.41, 5.74) is -0.261. The molecule has 5 nitrogen and oxygen atoms in total. The van der Waals surface area contributed by atoms with Gasteiger partial charge in [-0.25, -0.2) is 0 Å². The van der Waals surface area contributed by atoms with Crippen LogP contribution in [0.4, 0.5) is 0 Å². The number of carbonyl (C=O) groups excluding carboxylic acids is 1. The molecule has 0 spiro atoms. The molecule has 0 bridgehead atoms. The highest BCUT2D eigenvalue weighted by molar-refractivity contribution is 5.68. The van der Waals surface area contributed by atoms with Gasteiger partial charge < -0.3 is 14.6 Å². The number of carbonyl (C=O) groups is 1. The van der Waals surface area contributed by atoms with Crippen molar-refractivity contribution < 1.29 is 19.4 Å². The molecule has 0 aliphatic rings. The predicted octanol–water partition coefficient (Wildman–Crippen LogP) is 0.655. The van der Waals surface area contributed by atoms with Crippen LogP contribution in [0.3, 0.4) is 0 Å². The van der Waals surface area contributed by atoms with E-state index >= 15 is 0 Å². The first-order valence-electron chi connectivity index (χ1n) is 5.31. The minimum absolute atomic E-state index is 0.0294. The van der Waals surface area contributed by atoms with Crippen molar-refractivity contribution in [1.29, 1.82) is 0 Å². The number of nitrogens with zero attached hydrogens (tertiary/aromatic N) is 1. The molecular formula is C11H21NO4. The molecule has 0 aliphatic carbocycles. The average Bonchev–Trinajstić information content (AvgIpc) is 2.21. The molecule has 0 fully saturated rings. The van der Waals surface area contributed by atoms with Crippen LogP contribution in [0, 0.1) is 5.41 Å². The lowest BCUT2D eigenvalue weighted by molar-refractivity contribution is -0.142. The predicted molar refractivity (Wildman–Crippen MR) is 61.7 cm³/mol. The average molecular weight is 231 g/mol. The first-order valence-corrected chi connectivity index (χ1v) is 5.31. The van der Waals surface area contributed by atoms with E-state index in [0.29, 0.717) is 26.4 Å². The Bertz CT molecular complexity index is 226. The van der Waals surface area contributed by atoms with Crippen molar-refractivity contribution in [1.82, 2.24) is 0 Å². The quantitative estimate of drug-likeness (QED) is 0.378. The summed E-state index contributed by atoms with van der Waals surface area (Å²) in [7, 11) is 0. The molecule has 0 heterocycles. The van der Waals surface area contributed by atoms with E-state index in [2.05, 4.69) is 4.99 Å². The molecule has 0 saturated carbocycles. The van der Waals surface area contributed by atoms with Crippen molar-refractivity contribution in [3.8, 4) is 0 Å². The standard InChI is InChI=1S/C11H21NO4/c1-10(14)16-9-11(2,3)8-12-4-6-15-7-5-13/h8,13H,4-7,9H2,1-3H3. The zero-order valence-corrected chi connectivity index (χ0v) is 10.2. The molecule has 0 aromatic heterocycles. The molecule has 0 rings (SSSR count). The monoisotopic (exact) mass is 231 g/mol. The molecule has 0 saturated heterocycles. The van der Waals surface area contributed by atoms with Gasteiger partial charge >= 0.3 is 5.97 Å². The van der Waals surface area contributed by atoms with Gasteiger partial charge in [-0.2, -0.15) is 0 Å². The minimum atomic E-state index is -0.284. The number of esters is 1. The van der Waals surface area contributed by atoms with Crippen molar-refractivity contribution in [3.63, 3.8) is 0 Å². The molecule has 0 aliphatic heterocycles. The summed E-state index contributed by atoms with van der Waals surface area (Å²) < 4.78 is 9.95. The highest BCUT2D eigenvalue weighted by Gasteiger charge is 2.16. The second-order valence-electron chi connectivity index (χ2n) is 4.14. The van der Waals surface area contributed by atoms with Crippen LogP contribution in [-0.2, 0) is 14.3 Å². The maximum absolute atomic E-state index is 10.6. The van der Waals surface area contributed by atoms with Crippen molar-refractivity contribution in [2.75, 3.05) is 33.0 Å². The summed E-state index contributed by atoms with van der Waals surface area (Å²) in [4.78, 5) is 14.8. The van der Waals surface area contributed by atoms with Gasteiger partial charge in [-0.1, -0.05) is 13.8 Å². The van der Waals surface area contributed by atoms with Crippen LogP contribution in [0.5, 0.6) is 0 Å². The van der Waals surface area contributed by atoms with Crippen LogP contribution in [-0.4, -0.2) is 50.3 Å². The van der Waals surface area contributed by atoms with Gasteiger partial charge in [0, 0.05) is 18.6 Å². The number of rotatable bonds is 8. The van der Waals surface area contributed by atoms with Gasteiger partial charge in [0.2, 0.25) is 0 Å². The number of hydrogen-bond acceptors (Lipinski definition) is 5. The summed E-state index contributed by atoms with van der Waals surface area (Å²) in [5.74, 6) is -0.284. The van der Waals surface area contributed by atoms with Gasteiger partial charge in [-0.15, -0.1) is 0 Å². The zero-order valence-electron chi connectivity index (χ0n) is 10.2. The molecule has 94 valence electrons. The fraction of sp³-hybridized carbons (Fsp3) is 0.818. The first kappa shape index (κ1) is 15.1. The lowest BCUT2D eigenvalue weighted by Gasteiger charge is -2.18. The molecule has 5 heteroatoms. The highest BCUT2D eigenvalue weighted by Crippen LogP contribution is 2.11. The molecular weight excluding hydrogens is 210 g/mol. The topological polar surface area (TPSA) is 68.1 Å². The molecule has 0 aromatic carbocycles. The third-order valence-corrected chi connectivity index (χ3v) is 1.69. The summed E-state index contributed by atoms with van der Waals surface area (Å²) in [6.45, 7) is 6.99. The van der Waals surface area contributed by atoms with E-state index in [1.54, 1.807) is 6.21 Å². The summed E-state index contributed by atoms with van der Waals surface area (Å²) in [5, 5.41) is 8.46. The van der Waals surface area contributed by atoms with E-state index in [4.69, 9.17) is 14.6 Å².